The van der Waals surface area contributed by atoms with Crippen LogP contribution in [0.15, 0.2) is 0 Å². The van der Waals surface area contributed by atoms with E-state index in [1.54, 1.807) is 30.9 Å². The van der Waals surface area contributed by atoms with Gasteiger partial charge in [0.05, 0.1) is 12.5 Å². The maximum absolute atomic E-state index is 12.5. The van der Waals surface area contributed by atoms with E-state index < -0.39 is 11.9 Å². The SMILES string of the molecule is CCN(CC(C)C(=O)O)C(=O)N(CCCOC)CCOC. The molecule has 0 aliphatic heterocycles. The van der Waals surface area contributed by atoms with Crippen molar-refractivity contribution >= 4 is 12.0 Å². The lowest BCUT2D eigenvalue weighted by Crippen LogP contribution is -2.47. The Labute approximate surface area is 126 Å². The van der Waals surface area contributed by atoms with Crippen molar-refractivity contribution in [3.8, 4) is 0 Å². The molecule has 0 rings (SSSR count). The van der Waals surface area contributed by atoms with Crippen molar-refractivity contribution in [2.45, 2.75) is 20.3 Å². The highest BCUT2D eigenvalue weighted by Crippen LogP contribution is 2.06. The zero-order valence-corrected chi connectivity index (χ0v) is 13.5. The molecule has 124 valence electrons. The summed E-state index contributed by atoms with van der Waals surface area (Å²) in [6, 6.07) is -0.154. The maximum atomic E-state index is 12.5. The summed E-state index contributed by atoms with van der Waals surface area (Å²) < 4.78 is 10.0. The lowest BCUT2D eigenvalue weighted by atomic mass is 10.2. The largest absolute Gasteiger partial charge is 0.481 e. The normalized spacial score (nSPS) is 12.0. The van der Waals surface area contributed by atoms with Gasteiger partial charge in [0.2, 0.25) is 0 Å². The highest BCUT2D eigenvalue weighted by Gasteiger charge is 2.23. The van der Waals surface area contributed by atoms with E-state index in [0.717, 1.165) is 6.42 Å². The first-order valence-corrected chi connectivity index (χ1v) is 7.22. The zero-order valence-electron chi connectivity index (χ0n) is 13.5. The monoisotopic (exact) mass is 304 g/mol. The molecular weight excluding hydrogens is 276 g/mol. The molecule has 1 N–H and O–H groups in total. The molecule has 7 heteroatoms. The molecule has 0 aromatic rings. The van der Waals surface area contributed by atoms with Crippen LogP contribution < -0.4 is 0 Å². The summed E-state index contributed by atoms with van der Waals surface area (Å²) in [5, 5.41) is 8.97. The second kappa shape index (κ2) is 11.3. The quantitative estimate of drug-likeness (QED) is 0.579. The van der Waals surface area contributed by atoms with Crippen LogP contribution in [-0.4, -0.2) is 80.5 Å². The number of amides is 2. The molecule has 1 unspecified atom stereocenters. The number of hydrogen-bond acceptors (Lipinski definition) is 4. The lowest BCUT2D eigenvalue weighted by Gasteiger charge is -2.31. The van der Waals surface area contributed by atoms with Gasteiger partial charge < -0.3 is 24.4 Å². The molecule has 1 atom stereocenters. The molecule has 0 aliphatic rings. The van der Waals surface area contributed by atoms with Crippen molar-refractivity contribution in [2.75, 3.05) is 53.6 Å². The third kappa shape index (κ3) is 7.87. The first-order valence-electron chi connectivity index (χ1n) is 7.22. The van der Waals surface area contributed by atoms with Crippen LogP contribution >= 0.6 is 0 Å². The zero-order chi connectivity index (χ0) is 16.3. The molecule has 0 aromatic heterocycles. The van der Waals surface area contributed by atoms with Crippen LogP contribution in [0.25, 0.3) is 0 Å². The topological polar surface area (TPSA) is 79.3 Å². The molecule has 0 aromatic carbocycles. The summed E-state index contributed by atoms with van der Waals surface area (Å²) in [6.45, 7) is 6.20. The van der Waals surface area contributed by atoms with E-state index in [0.29, 0.717) is 32.8 Å². The van der Waals surface area contributed by atoms with Gasteiger partial charge in [-0.1, -0.05) is 6.92 Å². The minimum atomic E-state index is -0.899. The Kier molecular flexibility index (Phi) is 10.6. The number of carboxylic acids is 1. The van der Waals surface area contributed by atoms with Crippen molar-refractivity contribution in [3.63, 3.8) is 0 Å². The van der Waals surface area contributed by atoms with Crippen LogP contribution in [-0.2, 0) is 14.3 Å². The van der Waals surface area contributed by atoms with Gasteiger partial charge in [-0.3, -0.25) is 4.79 Å². The van der Waals surface area contributed by atoms with Crippen molar-refractivity contribution in [2.24, 2.45) is 5.92 Å². The lowest BCUT2D eigenvalue weighted by molar-refractivity contribution is -0.141. The van der Waals surface area contributed by atoms with Crippen LogP contribution in [0.4, 0.5) is 4.79 Å². The number of ether oxygens (including phenoxy) is 2. The molecule has 0 saturated carbocycles. The fourth-order valence-electron chi connectivity index (χ4n) is 1.86. The molecule has 0 spiro atoms. The van der Waals surface area contributed by atoms with E-state index in [-0.39, 0.29) is 12.6 Å². The minimum absolute atomic E-state index is 0.154. The van der Waals surface area contributed by atoms with Gasteiger partial charge >= 0.3 is 12.0 Å². The fourth-order valence-corrected chi connectivity index (χ4v) is 1.86. The van der Waals surface area contributed by atoms with Crippen LogP contribution in [0.2, 0.25) is 0 Å². The van der Waals surface area contributed by atoms with Gasteiger partial charge in [-0.2, -0.15) is 0 Å². The number of methoxy groups -OCH3 is 2. The van der Waals surface area contributed by atoms with E-state index in [2.05, 4.69) is 0 Å². The molecule has 0 radical (unpaired) electrons. The summed E-state index contributed by atoms with van der Waals surface area (Å²) in [4.78, 5) is 26.7. The smallest absolute Gasteiger partial charge is 0.320 e. The first-order chi connectivity index (χ1) is 9.97. The van der Waals surface area contributed by atoms with Crippen molar-refractivity contribution in [1.82, 2.24) is 9.80 Å². The highest BCUT2D eigenvalue weighted by molar-refractivity contribution is 5.76. The summed E-state index contributed by atoms with van der Waals surface area (Å²) in [5.74, 6) is -1.48. The standard InChI is InChI=1S/C14H28N2O5/c1-5-15(11-12(2)13(17)18)14(19)16(8-10-21-4)7-6-9-20-3/h12H,5-11H2,1-4H3,(H,17,18). The third-order valence-electron chi connectivity index (χ3n) is 3.18. The van der Waals surface area contributed by atoms with Crippen LogP contribution in [0.5, 0.6) is 0 Å². The average molecular weight is 304 g/mol. The van der Waals surface area contributed by atoms with E-state index in [4.69, 9.17) is 14.6 Å². The molecule has 7 nitrogen and oxygen atoms in total. The minimum Gasteiger partial charge on any atom is -0.481 e. The van der Waals surface area contributed by atoms with E-state index >= 15 is 0 Å². The Morgan fingerprint density at radius 1 is 1.10 bits per heavy atom. The van der Waals surface area contributed by atoms with E-state index in [1.165, 1.54) is 0 Å². The number of nitrogens with zero attached hydrogens (tertiary/aromatic N) is 2. The molecule has 0 heterocycles. The number of carbonyl (C=O) groups excluding carboxylic acids is 1. The Morgan fingerprint density at radius 3 is 2.19 bits per heavy atom. The van der Waals surface area contributed by atoms with E-state index in [9.17, 15) is 9.59 Å². The van der Waals surface area contributed by atoms with Crippen LogP contribution in [0, 0.1) is 5.92 Å². The average Bonchev–Trinajstić information content (AvgIpc) is 2.47. The molecule has 0 saturated heterocycles. The Hall–Kier alpha value is -1.34. The van der Waals surface area contributed by atoms with Gasteiger partial charge in [-0.15, -0.1) is 0 Å². The number of carboxylic acid groups (broad SMARTS) is 1. The number of hydrogen-bond donors (Lipinski definition) is 1. The number of rotatable bonds is 11. The van der Waals surface area contributed by atoms with Gasteiger partial charge in [-0.05, 0) is 13.3 Å². The summed E-state index contributed by atoms with van der Waals surface area (Å²) in [6.07, 6.45) is 0.734. The van der Waals surface area contributed by atoms with Crippen molar-refractivity contribution in [3.05, 3.63) is 0 Å². The van der Waals surface area contributed by atoms with Crippen LogP contribution in [0.1, 0.15) is 20.3 Å². The molecular formula is C14H28N2O5. The fraction of sp³-hybridized carbons (Fsp3) is 0.857. The van der Waals surface area contributed by atoms with E-state index in [1.807, 2.05) is 6.92 Å². The van der Waals surface area contributed by atoms with Gasteiger partial charge in [0.1, 0.15) is 0 Å². The number of aliphatic carboxylic acids is 1. The molecule has 0 fully saturated rings. The molecule has 2 amide bonds. The second-order valence-electron chi connectivity index (χ2n) is 4.89. The van der Waals surface area contributed by atoms with Gasteiger partial charge in [0.15, 0.2) is 0 Å². The molecule has 0 aliphatic carbocycles. The predicted molar refractivity (Wildman–Crippen MR) is 79.4 cm³/mol. The number of urea groups is 1. The number of carbonyl (C=O) groups is 2. The molecule has 21 heavy (non-hydrogen) atoms. The summed E-state index contributed by atoms with van der Waals surface area (Å²) in [5.41, 5.74) is 0. The Morgan fingerprint density at radius 2 is 1.71 bits per heavy atom. The predicted octanol–water partition coefficient (Wildman–Crippen LogP) is 1.13. The van der Waals surface area contributed by atoms with Gasteiger partial charge in [0, 0.05) is 47.0 Å². The summed E-state index contributed by atoms with van der Waals surface area (Å²) in [7, 11) is 3.20. The Balaban J connectivity index is 4.65. The van der Waals surface area contributed by atoms with Crippen molar-refractivity contribution < 1.29 is 24.2 Å². The maximum Gasteiger partial charge on any atom is 0.320 e. The van der Waals surface area contributed by atoms with Gasteiger partial charge in [0.25, 0.3) is 0 Å². The third-order valence-corrected chi connectivity index (χ3v) is 3.18. The van der Waals surface area contributed by atoms with Gasteiger partial charge in [-0.25, -0.2) is 4.79 Å². The second-order valence-corrected chi connectivity index (χ2v) is 4.89. The Bertz CT molecular complexity index is 312. The van der Waals surface area contributed by atoms with Crippen molar-refractivity contribution in [1.29, 1.82) is 0 Å². The van der Waals surface area contributed by atoms with Crippen LogP contribution in [0.3, 0.4) is 0 Å². The molecule has 0 bridgehead atoms. The summed E-state index contributed by atoms with van der Waals surface area (Å²) >= 11 is 0. The highest BCUT2D eigenvalue weighted by atomic mass is 16.5. The first kappa shape index (κ1) is 19.7.